The van der Waals surface area contributed by atoms with Crippen LogP contribution in [0.4, 0.5) is 4.39 Å². The van der Waals surface area contributed by atoms with Gasteiger partial charge in [0.25, 0.3) is 0 Å². The molecule has 2 aromatic rings. The fraction of sp³-hybridized carbons (Fsp3) is 0.429. The van der Waals surface area contributed by atoms with Gasteiger partial charge in [-0.1, -0.05) is 0 Å². The molecular formula is C14H17ClFN3O. The number of hydrogen-bond donors (Lipinski definition) is 0. The van der Waals surface area contributed by atoms with Gasteiger partial charge in [-0.25, -0.2) is 9.37 Å². The number of benzene rings is 1. The first-order chi connectivity index (χ1) is 9.52. The summed E-state index contributed by atoms with van der Waals surface area (Å²) < 4.78 is 15.2. The highest BCUT2D eigenvalue weighted by atomic mass is 35.5. The molecule has 0 aliphatic heterocycles. The summed E-state index contributed by atoms with van der Waals surface area (Å²) in [5, 5.41) is 0. The summed E-state index contributed by atoms with van der Waals surface area (Å²) in [4.78, 5) is 17.7. The highest BCUT2D eigenvalue weighted by Crippen LogP contribution is 2.19. The first kappa shape index (κ1) is 14.8. The van der Waals surface area contributed by atoms with Gasteiger partial charge in [-0.05, 0) is 12.1 Å². The molecule has 0 fully saturated rings. The minimum atomic E-state index is -0.316. The van der Waals surface area contributed by atoms with Gasteiger partial charge < -0.3 is 9.47 Å². The largest absolute Gasteiger partial charge is 0.349 e. The summed E-state index contributed by atoms with van der Waals surface area (Å²) >= 11 is 5.78. The SMILES string of the molecule is CN(C)C(=O)CCn1c(CCCl)nc2cc(F)ccc21. The molecule has 0 atom stereocenters. The number of carbonyl (C=O) groups excluding carboxylic acids is 1. The maximum absolute atomic E-state index is 13.2. The lowest BCUT2D eigenvalue weighted by Gasteiger charge is -2.12. The summed E-state index contributed by atoms with van der Waals surface area (Å²) in [5.41, 5.74) is 1.43. The van der Waals surface area contributed by atoms with Crippen molar-refractivity contribution in [3.63, 3.8) is 0 Å². The number of nitrogens with zero attached hydrogens (tertiary/aromatic N) is 3. The maximum atomic E-state index is 13.2. The number of hydrogen-bond acceptors (Lipinski definition) is 2. The van der Waals surface area contributed by atoms with Crippen LogP contribution in [0.3, 0.4) is 0 Å². The van der Waals surface area contributed by atoms with Crippen LogP contribution in [0.1, 0.15) is 12.2 Å². The predicted molar refractivity (Wildman–Crippen MR) is 77.4 cm³/mol. The van der Waals surface area contributed by atoms with Gasteiger partial charge in [0.15, 0.2) is 0 Å². The molecule has 0 aliphatic rings. The Kier molecular flexibility index (Phi) is 4.60. The van der Waals surface area contributed by atoms with Crippen LogP contribution >= 0.6 is 11.6 Å². The molecule has 1 amide bonds. The molecule has 1 aromatic carbocycles. The molecule has 4 nitrogen and oxygen atoms in total. The first-order valence-corrected chi connectivity index (χ1v) is 6.97. The molecule has 1 aromatic heterocycles. The number of halogens is 2. The summed E-state index contributed by atoms with van der Waals surface area (Å²) in [6, 6.07) is 4.49. The average Bonchev–Trinajstić information content (AvgIpc) is 2.72. The lowest BCUT2D eigenvalue weighted by molar-refractivity contribution is -0.128. The van der Waals surface area contributed by atoms with Crippen molar-refractivity contribution >= 4 is 28.5 Å². The zero-order valence-corrected chi connectivity index (χ0v) is 12.3. The Balaban J connectivity index is 2.33. The van der Waals surface area contributed by atoms with Gasteiger partial charge in [0.1, 0.15) is 11.6 Å². The molecule has 0 saturated heterocycles. The van der Waals surface area contributed by atoms with E-state index >= 15 is 0 Å². The molecule has 108 valence electrons. The predicted octanol–water partition coefficient (Wildman–Crippen LogP) is 2.44. The van der Waals surface area contributed by atoms with Gasteiger partial charge in [-0.3, -0.25) is 4.79 Å². The van der Waals surface area contributed by atoms with Crippen molar-refractivity contribution in [2.45, 2.75) is 19.4 Å². The zero-order valence-electron chi connectivity index (χ0n) is 11.6. The Morgan fingerprint density at radius 2 is 2.20 bits per heavy atom. The Bertz CT molecular complexity index is 624. The number of amides is 1. The number of imidazole rings is 1. The van der Waals surface area contributed by atoms with Crippen LogP contribution in [0.15, 0.2) is 18.2 Å². The second-order valence-corrected chi connectivity index (χ2v) is 5.17. The zero-order chi connectivity index (χ0) is 14.7. The standard InChI is InChI=1S/C14H17ClFN3O/c1-18(2)14(20)6-8-19-12-4-3-10(16)9-11(12)17-13(19)5-7-15/h3-4,9H,5-8H2,1-2H3. The second kappa shape index (κ2) is 6.22. The molecule has 0 unspecified atom stereocenters. The van der Waals surface area contributed by atoms with Gasteiger partial charge in [0.05, 0.1) is 11.0 Å². The molecule has 0 radical (unpaired) electrons. The van der Waals surface area contributed by atoms with Crippen molar-refractivity contribution in [1.82, 2.24) is 14.5 Å². The molecule has 6 heteroatoms. The normalized spacial score (nSPS) is 11.0. The van der Waals surface area contributed by atoms with Crippen molar-refractivity contribution in [1.29, 1.82) is 0 Å². The molecule has 20 heavy (non-hydrogen) atoms. The minimum absolute atomic E-state index is 0.0470. The van der Waals surface area contributed by atoms with Crippen LogP contribution in [-0.2, 0) is 17.8 Å². The van der Waals surface area contributed by atoms with E-state index in [4.69, 9.17) is 11.6 Å². The molecule has 0 saturated carbocycles. The molecule has 0 spiro atoms. The van der Waals surface area contributed by atoms with E-state index in [9.17, 15) is 9.18 Å². The Labute approximate surface area is 122 Å². The molecule has 1 heterocycles. The molecule has 0 N–H and O–H groups in total. The van der Waals surface area contributed by atoms with Gasteiger partial charge in [0, 0.05) is 45.4 Å². The second-order valence-electron chi connectivity index (χ2n) is 4.79. The molecule has 0 bridgehead atoms. The van der Waals surface area contributed by atoms with E-state index in [1.54, 1.807) is 25.1 Å². The van der Waals surface area contributed by atoms with Crippen molar-refractivity contribution in [3.05, 3.63) is 29.8 Å². The summed E-state index contributed by atoms with van der Waals surface area (Å²) in [5.74, 6) is 0.954. The van der Waals surface area contributed by atoms with E-state index in [1.165, 1.54) is 12.1 Å². The van der Waals surface area contributed by atoms with E-state index < -0.39 is 0 Å². The topological polar surface area (TPSA) is 38.1 Å². The van der Waals surface area contributed by atoms with Crippen molar-refractivity contribution in [3.8, 4) is 0 Å². The Morgan fingerprint density at radius 3 is 2.85 bits per heavy atom. The van der Waals surface area contributed by atoms with E-state index in [2.05, 4.69) is 4.98 Å². The van der Waals surface area contributed by atoms with Crippen LogP contribution < -0.4 is 0 Å². The third-order valence-corrected chi connectivity index (χ3v) is 3.34. The summed E-state index contributed by atoms with van der Waals surface area (Å²) in [6.07, 6.45) is 0.971. The van der Waals surface area contributed by atoms with Crippen LogP contribution in [-0.4, -0.2) is 40.3 Å². The highest BCUT2D eigenvalue weighted by Gasteiger charge is 2.13. The number of alkyl halides is 1. The highest BCUT2D eigenvalue weighted by molar-refractivity contribution is 6.17. The smallest absolute Gasteiger partial charge is 0.223 e. The quantitative estimate of drug-likeness (QED) is 0.795. The lowest BCUT2D eigenvalue weighted by Crippen LogP contribution is -2.23. The fourth-order valence-electron chi connectivity index (χ4n) is 2.11. The van der Waals surface area contributed by atoms with Crippen LogP contribution in [0.2, 0.25) is 0 Å². The van der Waals surface area contributed by atoms with Gasteiger partial charge in [-0.15, -0.1) is 11.6 Å². The monoisotopic (exact) mass is 297 g/mol. The van der Waals surface area contributed by atoms with Gasteiger partial charge in [0.2, 0.25) is 5.91 Å². The fourth-order valence-corrected chi connectivity index (χ4v) is 2.28. The van der Waals surface area contributed by atoms with Crippen molar-refractivity contribution < 1.29 is 9.18 Å². The van der Waals surface area contributed by atoms with Crippen LogP contribution in [0.25, 0.3) is 11.0 Å². The number of aromatic nitrogens is 2. The summed E-state index contributed by atoms with van der Waals surface area (Å²) in [7, 11) is 3.45. The lowest BCUT2D eigenvalue weighted by atomic mass is 10.3. The van der Waals surface area contributed by atoms with Gasteiger partial charge >= 0.3 is 0 Å². The van der Waals surface area contributed by atoms with E-state index in [1.807, 2.05) is 4.57 Å². The third kappa shape index (κ3) is 3.10. The number of aryl methyl sites for hydroxylation is 2. The van der Waals surface area contributed by atoms with E-state index in [0.29, 0.717) is 30.8 Å². The molecule has 0 aliphatic carbocycles. The summed E-state index contributed by atoms with van der Waals surface area (Å²) in [6.45, 7) is 0.519. The molecule has 2 rings (SSSR count). The minimum Gasteiger partial charge on any atom is -0.349 e. The van der Waals surface area contributed by atoms with E-state index in [-0.39, 0.29) is 11.7 Å². The number of carbonyl (C=O) groups is 1. The third-order valence-electron chi connectivity index (χ3n) is 3.16. The van der Waals surface area contributed by atoms with Gasteiger partial charge in [-0.2, -0.15) is 0 Å². The Hall–Kier alpha value is -1.62. The first-order valence-electron chi connectivity index (χ1n) is 6.43. The van der Waals surface area contributed by atoms with E-state index in [0.717, 1.165) is 11.3 Å². The number of rotatable bonds is 5. The van der Waals surface area contributed by atoms with Crippen molar-refractivity contribution in [2.24, 2.45) is 0 Å². The number of fused-ring (bicyclic) bond motifs is 1. The van der Waals surface area contributed by atoms with Crippen molar-refractivity contribution in [2.75, 3.05) is 20.0 Å². The maximum Gasteiger partial charge on any atom is 0.223 e. The Morgan fingerprint density at radius 1 is 1.45 bits per heavy atom. The van der Waals surface area contributed by atoms with Crippen LogP contribution in [0.5, 0.6) is 0 Å². The average molecular weight is 298 g/mol. The molecular weight excluding hydrogens is 281 g/mol. The van der Waals surface area contributed by atoms with Crippen LogP contribution in [0, 0.1) is 5.82 Å².